The molecular formula is C11H8BrClN2. The molecule has 0 spiro atoms. The Bertz CT molecular complexity index is 500. The first-order chi connectivity index (χ1) is 7.16. The fourth-order valence-corrected chi connectivity index (χ4v) is 1.97. The van der Waals surface area contributed by atoms with E-state index in [0.29, 0.717) is 10.8 Å². The molecule has 0 bridgehead atoms. The van der Waals surface area contributed by atoms with Gasteiger partial charge in [-0.3, -0.25) is 0 Å². The third-order valence-corrected chi connectivity index (χ3v) is 2.88. The van der Waals surface area contributed by atoms with Gasteiger partial charge in [-0.25, -0.2) is 4.98 Å². The molecule has 1 aromatic heterocycles. The maximum atomic E-state index is 5.92. The van der Waals surface area contributed by atoms with Gasteiger partial charge >= 0.3 is 0 Å². The molecular weight excluding hydrogens is 275 g/mol. The Morgan fingerprint density at radius 3 is 2.80 bits per heavy atom. The van der Waals surface area contributed by atoms with Gasteiger partial charge in [0.2, 0.25) is 0 Å². The van der Waals surface area contributed by atoms with Crippen molar-refractivity contribution in [3.63, 3.8) is 0 Å². The number of nitrogen functional groups attached to an aromatic ring is 1. The molecule has 1 aromatic carbocycles. The van der Waals surface area contributed by atoms with Crippen LogP contribution in [0.25, 0.3) is 11.1 Å². The number of anilines is 1. The number of pyridine rings is 1. The number of aromatic nitrogens is 1. The standard InChI is InChI=1S/C11H8BrClN2/c12-10-6-15-11(14)5-9(10)7-2-1-3-8(13)4-7/h1-6H,(H2,14,15). The van der Waals surface area contributed by atoms with Crippen molar-refractivity contribution in [3.8, 4) is 11.1 Å². The summed E-state index contributed by atoms with van der Waals surface area (Å²) in [6.07, 6.45) is 1.69. The van der Waals surface area contributed by atoms with E-state index in [1.165, 1.54) is 0 Å². The monoisotopic (exact) mass is 282 g/mol. The van der Waals surface area contributed by atoms with Crippen LogP contribution in [-0.2, 0) is 0 Å². The molecule has 76 valence electrons. The van der Waals surface area contributed by atoms with Crippen molar-refractivity contribution < 1.29 is 0 Å². The molecule has 15 heavy (non-hydrogen) atoms. The summed E-state index contributed by atoms with van der Waals surface area (Å²) in [6.45, 7) is 0. The number of nitrogens with two attached hydrogens (primary N) is 1. The van der Waals surface area contributed by atoms with Crippen LogP contribution in [0.2, 0.25) is 5.02 Å². The molecule has 0 saturated carbocycles. The predicted octanol–water partition coefficient (Wildman–Crippen LogP) is 3.75. The molecule has 0 amide bonds. The molecule has 4 heteroatoms. The molecule has 2 N–H and O–H groups in total. The van der Waals surface area contributed by atoms with Crippen LogP contribution in [0.1, 0.15) is 0 Å². The second-order valence-corrected chi connectivity index (χ2v) is 4.39. The van der Waals surface area contributed by atoms with Gasteiger partial charge in [0.25, 0.3) is 0 Å². The van der Waals surface area contributed by atoms with Gasteiger partial charge < -0.3 is 5.73 Å². The normalized spacial score (nSPS) is 10.3. The largest absolute Gasteiger partial charge is 0.384 e. The van der Waals surface area contributed by atoms with E-state index in [1.807, 2.05) is 30.3 Å². The fraction of sp³-hybridized carbons (Fsp3) is 0. The van der Waals surface area contributed by atoms with Crippen LogP contribution in [0.15, 0.2) is 41.0 Å². The second kappa shape index (κ2) is 4.21. The molecule has 2 nitrogen and oxygen atoms in total. The molecule has 0 saturated heterocycles. The minimum absolute atomic E-state index is 0.494. The minimum Gasteiger partial charge on any atom is -0.384 e. The van der Waals surface area contributed by atoms with Gasteiger partial charge in [-0.05, 0) is 39.7 Å². The van der Waals surface area contributed by atoms with Crippen molar-refractivity contribution in [2.75, 3.05) is 5.73 Å². The van der Waals surface area contributed by atoms with Crippen LogP contribution in [-0.4, -0.2) is 4.98 Å². The zero-order valence-electron chi connectivity index (χ0n) is 7.74. The first-order valence-corrected chi connectivity index (χ1v) is 5.51. The first-order valence-electron chi connectivity index (χ1n) is 4.34. The summed E-state index contributed by atoms with van der Waals surface area (Å²) in [5, 5.41) is 0.704. The van der Waals surface area contributed by atoms with Gasteiger partial charge in [-0.2, -0.15) is 0 Å². The zero-order valence-corrected chi connectivity index (χ0v) is 10.1. The summed E-state index contributed by atoms with van der Waals surface area (Å²) in [5.41, 5.74) is 7.65. The fourth-order valence-electron chi connectivity index (χ4n) is 1.33. The molecule has 0 unspecified atom stereocenters. The van der Waals surface area contributed by atoms with Gasteiger partial charge in [0.15, 0.2) is 0 Å². The average molecular weight is 284 g/mol. The van der Waals surface area contributed by atoms with Crippen LogP contribution in [0, 0.1) is 0 Å². The van der Waals surface area contributed by atoms with Crippen LogP contribution < -0.4 is 5.73 Å². The van der Waals surface area contributed by atoms with Crippen molar-refractivity contribution in [1.29, 1.82) is 0 Å². The van der Waals surface area contributed by atoms with Gasteiger partial charge in [-0.1, -0.05) is 23.7 Å². The quantitative estimate of drug-likeness (QED) is 0.866. The summed E-state index contributed by atoms with van der Waals surface area (Å²) in [4.78, 5) is 3.99. The number of hydrogen-bond donors (Lipinski definition) is 1. The Labute approximate surface area is 101 Å². The number of rotatable bonds is 1. The Hall–Kier alpha value is -1.06. The lowest BCUT2D eigenvalue weighted by molar-refractivity contribution is 1.32. The minimum atomic E-state index is 0.494. The summed E-state index contributed by atoms with van der Waals surface area (Å²) in [6, 6.07) is 9.42. The van der Waals surface area contributed by atoms with Crippen molar-refractivity contribution in [2.24, 2.45) is 0 Å². The van der Waals surface area contributed by atoms with Crippen LogP contribution in [0.4, 0.5) is 5.82 Å². The lowest BCUT2D eigenvalue weighted by Crippen LogP contribution is -1.90. The topological polar surface area (TPSA) is 38.9 Å². The van der Waals surface area contributed by atoms with E-state index in [-0.39, 0.29) is 0 Å². The van der Waals surface area contributed by atoms with E-state index in [2.05, 4.69) is 20.9 Å². The van der Waals surface area contributed by atoms with E-state index in [4.69, 9.17) is 17.3 Å². The molecule has 0 aliphatic rings. The third-order valence-electron chi connectivity index (χ3n) is 2.01. The van der Waals surface area contributed by atoms with Crippen molar-refractivity contribution in [1.82, 2.24) is 4.98 Å². The highest BCUT2D eigenvalue weighted by molar-refractivity contribution is 9.10. The Morgan fingerprint density at radius 2 is 2.07 bits per heavy atom. The van der Waals surface area contributed by atoms with E-state index >= 15 is 0 Å². The van der Waals surface area contributed by atoms with E-state index in [1.54, 1.807) is 6.20 Å². The van der Waals surface area contributed by atoms with Gasteiger partial charge in [0.05, 0.1) is 0 Å². The third kappa shape index (κ3) is 2.30. The van der Waals surface area contributed by atoms with Crippen molar-refractivity contribution in [2.45, 2.75) is 0 Å². The van der Waals surface area contributed by atoms with Gasteiger partial charge in [-0.15, -0.1) is 0 Å². The summed E-state index contributed by atoms with van der Waals surface area (Å²) < 4.78 is 0.902. The Kier molecular flexibility index (Phi) is 2.93. The maximum Gasteiger partial charge on any atom is 0.123 e. The molecule has 2 rings (SSSR count). The predicted molar refractivity (Wildman–Crippen MR) is 66.8 cm³/mol. The molecule has 0 aliphatic heterocycles. The molecule has 2 aromatic rings. The molecule has 0 radical (unpaired) electrons. The number of hydrogen-bond acceptors (Lipinski definition) is 2. The highest BCUT2D eigenvalue weighted by Gasteiger charge is 2.04. The maximum absolute atomic E-state index is 5.92. The summed E-state index contributed by atoms with van der Waals surface area (Å²) in [7, 11) is 0. The first kappa shape index (κ1) is 10.5. The number of benzene rings is 1. The van der Waals surface area contributed by atoms with Crippen molar-refractivity contribution in [3.05, 3.63) is 46.0 Å². The summed E-state index contributed by atoms with van der Waals surface area (Å²) in [5.74, 6) is 0.494. The number of halogens is 2. The smallest absolute Gasteiger partial charge is 0.123 e. The van der Waals surface area contributed by atoms with Crippen LogP contribution >= 0.6 is 27.5 Å². The van der Waals surface area contributed by atoms with Gasteiger partial charge in [0.1, 0.15) is 5.82 Å². The highest BCUT2D eigenvalue weighted by Crippen LogP contribution is 2.30. The molecule has 0 fully saturated rings. The highest BCUT2D eigenvalue weighted by atomic mass is 79.9. The van der Waals surface area contributed by atoms with Crippen molar-refractivity contribution >= 4 is 33.3 Å². The lowest BCUT2D eigenvalue weighted by Gasteiger charge is -2.05. The lowest BCUT2D eigenvalue weighted by atomic mass is 10.1. The number of nitrogens with zero attached hydrogens (tertiary/aromatic N) is 1. The molecule has 1 heterocycles. The van der Waals surface area contributed by atoms with Crippen LogP contribution in [0.3, 0.4) is 0 Å². The van der Waals surface area contributed by atoms with E-state index in [0.717, 1.165) is 15.6 Å². The van der Waals surface area contributed by atoms with E-state index in [9.17, 15) is 0 Å². The Balaban J connectivity index is 2.58. The van der Waals surface area contributed by atoms with E-state index < -0.39 is 0 Å². The Morgan fingerprint density at radius 1 is 1.27 bits per heavy atom. The van der Waals surface area contributed by atoms with Crippen LogP contribution in [0.5, 0.6) is 0 Å². The summed E-state index contributed by atoms with van der Waals surface area (Å²) >= 11 is 9.36. The van der Waals surface area contributed by atoms with Gasteiger partial charge in [0, 0.05) is 21.3 Å². The molecule has 0 aliphatic carbocycles. The second-order valence-electron chi connectivity index (χ2n) is 3.10. The SMILES string of the molecule is Nc1cc(-c2cccc(Cl)c2)c(Br)cn1. The average Bonchev–Trinajstić information content (AvgIpc) is 2.22. The molecule has 0 atom stereocenters. The zero-order chi connectivity index (χ0) is 10.8.